The lowest BCUT2D eigenvalue weighted by Gasteiger charge is -2.11. The van der Waals surface area contributed by atoms with Crippen molar-refractivity contribution in [2.75, 3.05) is 6.54 Å². The Labute approximate surface area is 82.2 Å². The third-order valence-electron chi connectivity index (χ3n) is 1.65. The van der Waals surface area contributed by atoms with Gasteiger partial charge in [-0.05, 0) is 25.3 Å². The van der Waals surface area contributed by atoms with Crippen LogP contribution in [0.1, 0.15) is 24.8 Å². The molecule has 72 valence electrons. The molecule has 1 aromatic heterocycles. The molecule has 0 aliphatic carbocycles. The number of rotatable bonds is 3. The van der Waals surface area contributed by atoms with E-state index in [1.807, 2.05) is 31.4 Å². The summed E-state index contributed by atoms with van der Waals surface area (Å²) in [5, 5.41) is 7.54. The van der Waals surface area contributed by atoms with Crippen molar-refractivity contribution in [3.8, 4) is 0 Å². The lowest BCUT2D eigenvalue weighted by molar-refractivity contribution is 0.238. The SMILES string of the molecule is CCNC(=O)N[C@@H](C)c1cccs1. The van der Waals surface area contributed by atoms with Crippen molar-refractivity contribution in [2.24, 2.45) is 0 Å². The van der Waals surface area contributed by atoms with Crippen LogP contribution in [0, 0.1) is 0 Å². The van der Waals surface area contributed by atoms with E-state index in [9.17, 15) is 4.79 Å². The molecule has 1 aromatic rings. The molecule has 0 bridgehead atoms. The Morgan fingerprint density at radius 1 is 1.69 bits per heavy atom. The van der Waals surface area contributed by atoms with Gasteiger partial charge in [0.1, 0.15) is 0 Å². The van der Waals surface area contributed by atoms with Gasteiger partial charge in [-0.1, -0.05) is 6.07 Å². The maximum Gasteiger partial charge on any atom is 0.315 e. The number of amides is 2. The van der Waals surface area contributed by atoms with Crippen molar-refractivity contribution in [3.05, 3.63) is 22.4 Å². The van der Waals surface area contributed by atoms with Crippen LogP contribution in [0.15, 0.2) is 17.5 Å². The van der Waals surface area contributed by atoms with Gasteiger partial charge in [-0.3, -0.25) is 0 Å². The zero-order chi connectivity index (χ0) is 9.68. The number of carbonyl (C=O) groups excluding carboxylic acids is 1. The third kappa shape index (κ3) is 3.06. The first kappa shape index (κ1) is 10.1. The molecule has 4 heteroatoms. The van der Waals surface area contributed by atoms with Crippen molar-refractivity contribution in [1.82, 2.24) is 10.6 Å². The number of hydrogen-bond acceptors (Lipinski definition) is 2. The van der Waals surface area contributed by atoms with E-state index >= 15 is 0 Å². The van der Waals surface area contributed by atoms with E-state index in [0.717, 1.165) is 0 Å². The summed E-state index contributed by atoms with van der Waals surface area (Å²) in [6.07, 6.45) is 0. The fraction of sp³-hybridized carbons (Fsp3) is 0.444. The monoisotopic (exact) mass is 198 g/mol. The zero-order valence-corrected chi connectivity index (χ0v) is 8.65. The summed E-state index contributed by atoms with van der Waals surface area (Å²) in [5.74, 6) is 0. The molecule has 0 aliphatic heterocycles. The van der Waals surface area contributed by atoms with Gasteiger partial charge >= 0.3 is 6.03 Å². The van der Waals surface area contributed by atoms with Gasteiger partial charge in [0.15, 0.2) is 0 Å². The Balaban J connectivity index is 2.42. The average molecular weight is 198 g/mol. The molecule has 0 fully saturated rings. The fourth-order valence-electron chi connectivity index (χ4n) is 1.02. The van der Waals surface area contributed by atoms with Crippen molar-refractivity contribution in [2.45, 2.75) is 19.9 Å². The quantitative estimate of drug-likeness (QED) is 0.767. The smallest absolute Gasteiger partial charge is 0.315 e. The number of carbonyl (C=O) groups is 1. The second-order valence-corrected chi connectivity index (χ2v) is 3.72. The summed E-state index contributed by atoms with van der Waals surface area (Å²) in [5.41, 5.74) is 0. The van der Waals surface area contributed by atoms with Gasteiger partial charge in [0.25, 0.3) is 0 Å². The lowest BCUT2D eigenvalue weighted by atomic mass is 10.3. The molecule has 0 aliphatic rings. The largest absolute Gasteiger partial charge is 0.338 e. The van der Waals surface area contributed by atoms with Crippen LogP contribution in [0.3, 0.4) is 0 Å². The normalized spacial score (nSPS) is 12.2. The molecule has 13 heavy (non-hydrogen) atoms. The average Bonchev–Trinajstić information content (AvgIpc) is 2.55. The van der Waals surface area contributed by atoms with Gasteiger partial charge in [0.05, 0.1) is 6.04 Å². The Hall–Kier alpha value is -1.03. The number of urea groups is 1. The highest BCUT2D eigenvalue weighted by molar-refractivity contribution is 7.10. The standard InChI is InChI=1S/C9H14N2OS/c1-3-10-9(12)11-7(2)8-5-4-6-13-8/h4-7H,3H2,1-2H3,(H2,10,11,12)/t7-/m0/s1. The van der Waals surface area contributed by atoms with E-state index in [4.69, 9.17) is 0 Å². The van der Waals surface area contributed by atoms with Crippen LogP contribution in [0.25, 0.3) is 0 Å². The van der Waals surface area contributed by atoms with Crippen molar-refractivity contribution >= 4 is 17.4 Å². The molecule has 0 unspecified atom stereocenters. The summed E-state index contributed by atoms with van der Waals surface area (Å²) < 4.78 is 0. The van der Waals surface area contributed by atoms with Crippen LogP contribution in [0.5, 0.6) is 0 Å². The molecule has 1 atom stereocenters. The molecule has 2 N–H and O–H groups in total. The fourth-order valence-corrected chi connectivity index (χ4v) is 1.75. The van der Waals surface area contributed by atoms with Crippen LogP contribution in [0.2, 0.25) is 0 Å². The molecule has 2 amide bonds. The molecule has 0 spiro atoms. The predicted octanol–water partition coefficient (Wildman–Crippen LogP) is 2.13. The minimum atomic E-state index is -0.108. The van der Waals surface area contributed by atoms with E-state index in [-0.39, 0.29) is 12.1 Å². The van der Waals surface area contributed by atoms with Crippen molar-refractivity contribution in [1.29, 1.82) is 0 Å². The highest BCUT2D eigenvalue weighted by Gasteiger charge is 2.08. The summed E-state index contributed by atoms with van der Waals surface area (Å²) in [7, 11) is 0. The first-order valence-corrected chi connectivity index (χ1v) is 5.19. The molecule has 0 saturated carbocycles. The summed E-state index contributed by atoms with van der Waals surface area (Å²) in [6.45, 7) is 4.53. The van der Waals surface area contributed by atoms with Gasteiger partial charge < -0.3 is 10.6 Å². The molecule has 1 rings (SSSR count). The minimum Gasteiger partial charge on any atom is -0.338 e. The van der Waals surface area contributed by atoms with Gasteiger partial charge in [0, 0.05) is 11.4 Å². The lowest BCUT2D eigenvalue weighted by Crippen LogP contribution is -2.36. The van der Waals surface area contributed by atoms with Crippen molar-refractivity contribution < 1.29 is 4.79 Å². The highest BCUT2D eigenvalue weighted by atomic mass is 32.1. The maximum absolute atomic E-state index is 11.1. The minimum absolute atomic E-state index is 0.0894. The predicted molar refractivity (Wildman–Crippen MR) is 54.9 cm³/mol. The number of nitrogens with one attached hydrogen (secondary N) is 2. The second-order valence-electron chi connectivity index (χ2n) is 2.74. The Kier molecular flexibility index (Phi) is 3.76. The summed E-state index contributed by atoms with van der Waals surface area (Å²) in [4.78, 5) is 12.3. The van der Waals surface area contributed by atoms with Crippen LogP contribution in [-0.2, 0) is 0 Å². The van der Waals surface area contributed by atoms with Crippen LogP contribution < -0.4 is 10.6 Å². The van der Waals surface area contributed by atoms with Crippen LogP contribution in [0.4, 0.5) is 4.79 Å². The van der Waals surface area contributed by atoms with Gasteiger partial charge in [-0.2, -0.15) is 0 Å². The molecule has 0 aromatic carbocycles. The topological polar surface area (TPSA) is 41.1 Å². The first-order chi connectivity index (χ1) is 6.24. The third-order valence-corrected chi connectivity index (χ3v) is 2.71. The molecular formula is C9H14N2OS. The van der Waals surface area contributed by atoms with E-state index in [0.29, 0.717) is 6.54 Å². The summed E-state index contributed by atoms with van der Waals surface area (Å²) >= 11 is 1.65. The van der Waals surface area contributed by atoms with Crippen molar-refractivity contribution in [3.63, 3.8) is 0 Å². The molecular weight excluding hydrogens is 184 g/mol. The van der Waals surface area contributed by atoms with Crippen LogP contribution >= 0.6 is 11.3 Å². The first-order valence-electron chi connectivity index (χ1n) is 4.31. The van der Waals surface area contributed by atoms with E-state index in [1.165, 1.54) is 4.88 Å². The highest BCUT2D eigenvalue weighted by Crippen LogP contribution is 2.17. The molecule has 0 radical (unpaired) electrons. The van der Waals surface area contributed by atoms with E-state index < -0.39 is 0 Å². The van der Waals surface area contributed by atoms with Gasteiger partial charge in [-0.15, -0.1) is 11.3 Å². The molecule has 0 saturated heterocycles. The summed E-state index contributed by atoms with van der Waals surface area (Å²) in [6, 6.07) is 3.98. The molecule has 1 heterocycles. The Bertz CT molecular complexity index is 259. The zero-order valence-electron chi connectivity index (χ0n) is 7.83. The second kappa shape index (κ2) is 4.87. The Morgan fingerprint density at radius 3 is 3.00 bits per heavy atom. The number of thiophene rings is 1. The van der Waals surface area contributed by atoms with Gasteiger partial charge in [0.2, 0.25) is 0 Å². The maximum atomic E-state index is 11.1. The van der Waals surface area contributed by atoms with Crippen LogP contribution in [-0.4, -0.2) is 12.6 Å². The number of hydrogen-bond donors (Lipinski definition) is 2. The van der Waals surface area contributed by atoms with E-state index in [1.54, 1.807) is 11.3 Å². The molecule has 3 nitrogen and oxygen atoms in total. The Morgan fingerprint density at radius 2 is 2.46 bits per heavy atom. The van der Waals surface area contributed by atoms with E-state index in [2.05, 4.69) is 10.6 Å². The van der Waals surface area contributed by atoms with Gasteiger partial charge in [-0.25, -0.2) is 4.79 Å².